The number of nitrogens with zero attached hydrogens (tertiary/aromatic N) is 1. The fraction of sp³-hybridized carbons (Fsp3) is 0.375. The molecule has 4 rings (SSSR count). The van der Waals surface area contributed by atoms with E-state index in [9.17, 15) is 9.59 Å². The molecular formula is C32H39ClN4O3. The maximum atomic E-state index is 12.5. The van der Waals surface area contributed by atoms with Gasteiger partial charge in [0.15, 0.2) is 0 Å². The third kappa shape index (κ3) is 8.73. The predicted octanol–water partition coefficient (Wildman–Crippen LogP) is 6.39. The maximum Gasteiger partial charge on any atom is 0.255 e. The second-order valence-electron chi connectivity index (χ2n) is 10.2. The summed E-state index contributed by atoms with van der Waals surface area (Å²) in [5.41, 5.74) is 4.00. The largest absolute Gasteiger partial charge is 0.492 e. The van der Waals surface area contributed by atoms with Crippen molar-refractivity contribution in [1.29, 1.82) is 0 Å². The fourth-order valence-corrected chi connectivity index (χ4v) is 4.94. The Morgan fingerprint density at radius 3 is 2.30 bits per heavy atom. The van der Waals surface area contributed by atoms with E-state index in [2.05, 4.69) is 46.0 Å². The first-order valence-corrected chi connectivity index (χ1v) is 14.5. The monoisotopic (exact) mass is 562 g/mol. The molecule has 7 nitrogen and oxygen atoms in total. The lowest BCUT2D eigenvalue weighted by Gasteiger charge is -2.33. The van der Waals surface area contributed by atoms with E-state index in [4.69, 9.17) is 16.3 Å². The molecule has 0 unspecified atom stereocenters. The highest BCUT2D eigenvalue weighted by molar-refractivity contribution is 6.30. The molecule has 1 saturated heterocycles. The molecule has 40 heavy (non-hydrogen) atoms. The van der Waals surface area contributed by atoms with Gasteiger partial charge in [0.1, 0.15) is 5.75 Å². The van der Waals surface area contributed by atoms with E-state index in [1.54, 1.807) is 48.5 Å². The van der Waals surface area contributed by atoms with Gasteiger partial charge in [-0.3, -0.25) is 9.59 Å². The summed E-state index contributed by atoms with van der Waals surface area (Å²) >= 11 is 5.88. The summed E-state index contributed by atoms with van der Waals surface area (Å²) in [6, 6.07) is 20.4. The number of aryl methyl sites for hydroxylation is 1. The van der Waals surface area contributed by atoms with Crippen LogP contribution >= 0.6 is 11.6 Å². The number of hydrogen-bond acceptors (Lipinski definition) is 5. The van der Waals surface area contributed by atoms with Crippen molar-refractivity contribution in [2.24, 2.45) is 0 Å². The van der Waals surface area contributed by atoms with Gasteiger partial charge in [0.05, 0.1) is 12.3 Å². The van der Waals surface area contributed by atoms with Gasteiger partial charge in [0, 0.05) is 47.5 Å². The van der Waals surface area contributed by atoms with Crippen molar-refractivity contribution < 1.29 is 14.3 Å². The van der Waals surface area contributed by atoms with Gasteiger partial charge in [0.25, 0.3) is 11.8 Å². The Hall–Kier alpha value is -3.55. The van der Waals surface area contributed by atoms with Gasteiger partial charge in [-0.25, -0.2) is 0 Å². The maximum absolute atomic E-state index is 12.5. The summed E-state index contributed by atoms with van der Waals surface area (Å²) in [6.07, 6.45) is 4.18. The SMILES string of the molecule is CCOc1cc(C)ccc1NC1CCN(CCCCNC(=O)c2ccc(NC(=O)c3ccc(Cl)cc3)cc2)CC1. The third-order valence-corrected chi connectivity index (χ3v) is 7.33. The molecule has 3 aromatic rings. The molecule has 0 spiro atoms. The summed E-state index contributed by atoms with van der Waals surface area (Å²) in [5, 5.41) is 10.1. The number of carbonyl (C=O) groups is 2. The van der Waals surface area contributed by atoms with Crippen LogP contribution in [-0.2, 0) is 0 Å². The molecule has 1 aliphatic heterocycles. The van der Waals surface area contributed by atoms with Crippen LogP contribution in [0.3, 0.4) is 0 Å². The highest BCUT2D eigenvalue weighted by Gasteiger charge is 2.20. The van der Waals surface area contributed by atoms with Crippen molar-refractivity contribution >= 4 is 34.8 Å². The molecule has 1 heterocycles. The molecule has 0 aliphatic carbocycles. The molecule has 0 aromatic heterocycles. The molecule has 0 saturated carbocycles. The summed E-state index contributed by atoms with van der Waals surface area (Å²) < 4.78 is 5.82. The molecule has 0 bridgehead atoms. The number of piperidine rings is 1. The summed E-state index contributed by atoms with van der Waals surface area (Å²) in [7, 11) is 0. The Labute approximate surface area is 242 Å². The molecule has 3 aromatic carbocycles. The van der Waals surface area contributed by atoms with E-state index in [1.807, 2.05) is 6.92 Å². The number of nitrogens with one attached hydrogen (secondary N) is 3. The van der Waals surface area contributed by atoms with Crippen LogP contribution in [0.2, 0.25) is 5.02 Å². The standard InChI is InChI=1S/C32H39ClN4O3/c1-3-40-30-22-23(2)6-15-29(30)35-28-16-20-37(21-17-28)19-5-4-18-34-31(38)24-9-13-27(14-10-24)36-32(39)25-7-11-26(33)12-8-25/h6-15,22,28,35H,3-5,16-21H2,1-2H3,(H,34,38)(H,36,39). The van der Waals surface area contributed by atoms with Gasteiger partial charge in [-0.1, -0.05) is 17.7 Å². The number of ether oxygens (including phenoxy) is 1. The fourth-order valence-electron chi connectivity index (χ4n) is 4.82. The molecule has 1 fully saturated rings. The minimum Gasteiger partial charge on any atom is -0.492 e. The molecule has 2 amide bonds. The van der Waals surface area contributed by atoms with E-state index in [1.165, 1.54) is 5.56 Å². The van der Waals surface area contributed by atoms with Crippen molar-refractivity contribution in [3.05, 3.63) is 88.4 Å². The zero-order valence-corrected chi connectivity index (χ0v) is 24.1. The summed E-state index contributed by atoms with van der Waals surface area (Å²) in [5.74, 6) is 0.602. The number of unbranched alkanes of at least 4 members (excludes halogenated alkanes) is 1. The van der Waals surface area contributed by atoms with Gasteiger partial charge in [-0.05, 0) is 112 Å². The number of halogens is 1. The summed E-state index contributed by atoms with van der Waals surface area (Å²) in [4.78, 5) is 27.4. The lowest BCUT2D eigenvalue weighted by Crippen LogP contribution is -2.39. The van der Waals surface area contributed by atoms with Gasteiger partial charge < -0.3 is 25.6 Å². The number of anilines is 2. The van der Waals surface area contributed by atoms with Crippen LogP contribution in [0.1, 0.15) is 58.9 Å². The molecule has 0 radical (unpaired) electrons. The van der Waals surface area contributed by atoms with E-state index in [0.717, 1.165) is 56.8 Å². The predicted molar refractivity (Wildman–Crippen MR) is 163 cm³/mol. The Morgan fingerprint density at radius 1 is 0.925 bits per heavy atom. The molecule has 0 atom stereocenters. The van der Waals surface area contributed by atoms with Crippen LogP contribution in [0.5, 0.6) is 5.75 Å². The van der Waals surface area contributed by atoms with E-state index in [0.29, 0.717) is 41.0 Å². The third-order valence-electron chi connectivity index (χ3n) is 7.08. The van der Waals surface area contributed by atoms with Crippen LogP contribution < -0.4 is 20.7 Å². The number of carbonyl (C=O) groups excluding carboxylic acids is 2. The van der Waals surface area contributed by atoms with Gasteiger partial charge >= 0.3 is 0 Å². The van der Waals surface area contributed by atoms with E-state index in [-0.39, 0.29) is 11.8 Å². The topological polar surface area (TPSA) is 82.7 Å². The molecular weight excluding hydrogens is 524 g/mol. The number of likely N-dealkylation sites (tertiary alicyclic amines) is 1. The normalized spacial score (nSPS) is 14.0. The first-order valence-electron chi connectivity index (χ1n) is 14.1. The van der Waals surface area contributed by atoms with Crippen LogP contribution in [0.25, 0.3) is 0 Å². The zero-order chi connectivity index (χ0) is 28.3. The first-order chi connectivity index (χ1) is 19.4. The Morgan fingerprint density at radius 2 is 1.60 bits per heavy atom. The summed E-state index contributed by atoms with van der Waals surface area (Å²) in [6.45, 7) is 8.58. The van der Waals surface area contributed by atoms with Crippen molar-refractivity contribution in [3.8, 4) is 5.75 Å². The smallest absolute Gasteiger partial charge is 0.255 e. The van der Waals surface area contributed by atoms with Crippen LogP contribution in [0.4, 0.5) is 11.4 Å². The zero-order valence-electron chi connectivity index (χ0n) is 23.3. The molecule has 212 valence electrons. The number of hydrogen-bond donors (Lipinski definition) is 3. The quantitative estimate of drug-likeness (QED) is 0.223. The highest BCUT2D eigenvalue weighted by atomic mass is 35.5. The average molecular weight is 563 g/mol. The molecule has 3 N–H and O–H groups in total. The number of rotatable bonds is 12. The van der Waals surface area contributed by atoms with Crippen LogP contribution in [0.15, 0.2) is 66.7 Å². The minimum atomic E-state index is -0.226. The van der Waals surface area contributed by atoms with E-state index >= 15 is 0 Å². The van der Waals surface area contributed by atoms with Crippen molar-refractivity contribution in [1.82, 2.24) is 10.2 Å². The van der Waals surface area contributed by atoms with Crippen LogP contribution in [-0.4, -0.2) is 55.5 Å². The van der Waals surface area contributed by atoms with Crippen molar-refractivity contribution in [2.75, 3.05) is 43.4 Å². The number of benzene rings is 3. The van der Waals surface area contributed by atoms with Gasteiger partial charge in [-0.2, -0.15) is 0 Å². The van der Waals surface area contributed by atoms with Crippen molar-refractivity contribution in [2.45, 2.75) is 45.6 Å². The lowest BCUT2D eigenvalue weighted by atomic mass is 10.0. The Bertz CT molecular complexity index is 1260. The second kappa shape index (κ2) is 14.7. The van der Waals surface area contributed by atoms with Gasteiger partial charge in [-0.15, -0.1) is 0 Å². The molecule has 1 aliphatic rings. The van der Waals surface area contributed by atoms with Crippen LogP contribution in [0, 0.1) is 6.92 Å². The minimum absolute atomic E-state index is 0.106. The number of amides is 2. The first kappa shape index (κ1) is 29.4. The Kier molecular flexibility index (Phi) is 10.8. The second-order valence-corrected chi connectivity index (χ2v) is 10.6. The average Bonchev–Trinajstić information content (AvgIpc) is 2.96. The lowest BCUT2D eigenvalue weighted by molar-refractivity contribution is 0.0951. The van der Waals surface area contributed by atoms with E-state index < -0.39 is 0 Å². The highest BCUT2D eigenvalue weighted by Crippen LogP contribution is 2.28. The van der Waals surface area contributed by atoms with Crippen molar-refractivity contribution in [3.63, 3.8) is 0 Å². The van der Waals surface area contributed by atoms with Gasteiger partial charge in [0.2, 0.25) is 0 Å². The molecule has 8 heteroatoms. The Balaban J connectivity index is 1.11.